The van der Waals surface area contributed by atoms with E-state index in [9.17, 15) is 5.26 Å². The number of ether oxygens (including phenoxy) is 2. The summed E-state index contributed by atoms with van der Waals surface area (Å²) in [5, 5.41) is 16.5. The van der Waals surface area contributed by atoms with Gasteiger partial charge in [-0.1, -0.05) is 121 Å². The first-order valence-electron chi connectivity index (χ1n) is 22.2. The lowest BCUT2D eigenvalue weighted by Crippen LogP contribution is -2.19. The van der Waals surface area contributed by atoms with E-state index in [4.69, 9.17) is 15.2 Å². The maximum absolute atomic E-state index is 9.53. The molecule has 2 saturated heterocycles. The third kappa shape index (κ3) is 9.62. The monoisotopic (exact) mass is 852 g/mol. The molecular formula is C50H52N12O2. The molecule has 6 heterocycles. The number of benzene rings is 4. The van der Waals surface area contributed by atoms with Crippen LogP contribution in [0.25, 0.3) is 22.3 Å². The summed E-state index contributed by atoms with van der Waals surface area (Å²) < 4.78 is 15.8. The molecule has 8 aromatic rings. The van der Waals surface area contributed by atoms with Crippen LogP contribution in [0, 0.1) is 11.3 Å². The second-order valence-electron chi connectivity index (χ2n) is 16.0. The molecular weight excluding hydrogens is 801 g/mol. The van der Waals surface area contributed by atoms with Crippen molar-refractivity contribution in [3.05, 3.63) is 168 Å². The smallest absolute Gasteiger partial charge is 0.236 e. The lowest BCUT2D eigenvalue weighted by molar-refractivity contribution is -0.0299. The fourth-order valence-corrected chi connectivity index (χ4v) is 8.57. The molecule has 0 bridgehead atoms. The predicted molar refractivity (Wildman–Crippen MR) is 247 cm³/mol. The summed E-state index contributed by atoms with van der Waals surface area (Å²) in [5.41, 5.74) is 13.6. The molecule has 10 rings (SSSR count). The van der Waals surface area contributed by atoms with E-state index >= 15 is 0 Å². The first-order valence-corrected chi connectivity index (χ1v) is 22.2. The van der Waals surface area contributed by atoms with Gasteiger partial charge in [0.05, 0.1) is 19.2 Å². The van der Waals surface area contributed by atoms with E-state index < -0.39 is 0 Å². The standard InChI is InChI=1S/C25H28N6O.C25H24N6O/c2*26-15-21-29-24(23-25(30-21)31(17-28-23)22-13-7-8-14-32-22)27-16-20(18-9-3-1-4-10-18)19-11-5-2-6-12-19/h1-6,9-12,17,20,22H,7-8,13-16,26H2,(H,27,29,30);1-6,9-12,17,20,22H,7-8,13-14,16H2,(H,27,29,30). The van der Waals surface area contributed by atoms with Gasteiger partial charge in [-0.3, -0.25) is 9.13 Å². The van der Waals surface area contributed by atoms with Crippen molar-refractivity contribution in [3.8, 4) is 6.07 Å². The largest absolute Gasteiger partial charge is 0.367 e. The molecule has 4 N–H and O–H groups in total. The van der Waals surface area contributed by atoms with Gasteiger partial charge in [0.25, 0.3) is 0 Å². The molecule has 2 atom stereocenters. The molecule has 4 aromatic heterocycles. The molecule has 0 radical (unpaired) electrons. The number of aromatic nitrogens is 8. The Balaban J connectivity index is 0.000000162. The van der Waals surface area contributed by atoms with Gasteiger partial charge in [-0.15, -0.1) is 0 Å². The highest BCUT2D eigenvalue weighted by atomic mass is 16.5. The Kier molecular flexibility index (Phi) is 13.5. The highest BCUT2D eigenvalue weighted by Gasteiger charge is 2.24. The van der Waals surface area contributed by atoms with E-state index in [1.165, 1.54) is 22.3 Å². The summed E-state index contributed by atoms with van der Waals surface area (Å²) in [5.74, 6) is 2.28. The average Bonchev–Trinajstić information content (AvgIpc) is 4.01. The zero-order valence-corrected chi connectivity index (χ0v) is 35.7. The third-order valence-electron chi connectivity index (χ3n) is 11.9. The zero-order chi connectivity index (χ0) is 43.5. The highest BCUT2D eigenvalue weighted by Crippen LogP contribution is 2.32. The lowest BCUT2D eigenvalue weighted by Gasteiger charge is -2.24. The molecule has 324 valence electrons. The molecule has 64 heavy (non-hydrogen) atoms. The summed E-state index contributed by atoms with van der Waals surface area (Å²) >= 11 is 0. The van der Waals surface area contributed by atoms with E-state index in [1.807, 2.05) is 64.0 Å². The Morgan fingerprint density at radius 1 is 0.578 bits per heavy atom. The topological polar surface area (TPSA) is 180 Å². The number of nitrogens with two attached hydrogens (primary N) is 1. The summed E-state index contributed by atoms with van der Waals surface area (Å²) in [7, 11) is 0. The van der Waals surface area contributed by atoms with Gasteiger partial charge in [-0.2, -0.15) is 15.2 Å². The number of rotatable bonds is 13. The molecule has 2 aliphatic heterocycles. The van der Waals surface area contributed by atoms with Crippen LogP contribution in [0.1, 0.15) is 96.7 Å². The maximum atomic E-state index is 9.53. The number of nitriles is 1. The van der Waals surface area contributed by atoms with Gasteiger partial charge < -0.3 is 25.8 Å². The third-order valence-corrected chi connectivity index (χ3v) is 11.9. The van der Waals surface area contributed by atoms with Gasteiger partial charge in [-0.05, 0) is 60.8 Å². The fourth-order valence-electron chi connectivity index (χ4n) is 8.57. The first-order chi connectivity index (χ1) is 31.7. The average molecular weight is 853 g/mol. The molecule has 14 heteroatoms. The minimum absolute atomic E-state index is 0.0384. The second kappa shape index (κ2) is 20.4. The van der Waals surface area contributed by atoms with Crippen LogP contribution in [0.3, 0.4) is 0 Å². The van der Waals surface area contributed by atoms with E-state index in [0.29, 0.717) is 41.7 Å². The fraction of sp³-hybridized carbons (Fsp3) is 0.300. The SMILES string of the molecule is N#Cc1nc(NCC(c2ccccc2)c2ccccc2)c2ncn(C3CCCCO3)c2n1.NCc1nc(NCC(c2ccccc2)c2ccccc2)c2ncn(C3CCCCO3)c2n1. The first kappa shape index (κ1) is 42.3. The van der Waals surface area contributed by atoms with Crippen molar-refractivity contribution in [1.82, 2.24) is 39.0 Å². The second-order valence-corrected chi connectivity index (χ2v) is 16.0. The number of anilines is 2. The molecule has 0 saturated carbocycles. The van der Waals surface area contributed by atoms with E-state index in [-0.39, 0.29) is 36.7 Å². The maximum Gasteiger partial charge on any atom is 0.236 e. The Morgan fingerprint density at radius 2 is 1.00 bits per heavy atom. The summed E-state index contributed by atoms with van der Waals surface area (Å²) in [6, 6.07) is 43.9. The van der Waals surface area contributed by atoms with Crippen LogP contribution >= 0.6 is 0 Å². The van der Waals surface area contributed by atoms with Gasteiger partial charge in [0.15, 0.2) is 34.0 Å². The van der Waals surface area contributed by atoms with Crippen LogP contribution in [0.4, 0.5) is 11.6 Å². The van der Waals surface area contributed by atoms with Crippen molar-refractivity contribution in [2.45, 2.75) is 69.4 Å². The number of nitrogens with zero attached hydrogens (tertiary/aromatic N) is 9. The van der Waals surface area contributed by atoms with Crippen molar-refractivity contribution < 1.29 is 9.47 Å². The van der Waals surface area contributed by atoms with Crippen molar-refractivity contribution in [2.24, 2.45) is 5.73 Å². The molecule has 0 spiro atoms. The van der Waals surface area contributed by atoms with E-state index in [1.54, 1.807) is 6.33 Å². The van der Waals surface area contributed by atoms with Crippen LogP contribution in [0.5, 0.6) is 0 Å². The van der Waals surface area contributed by atoms with Crippen molar-refractivity contribution in [2.75, 3.05) is 36.9 Å². The minimum Gasteiger partial charge on any atom is -0.367 e. The molecule has 0 aliphatic carbocycles. The number of hydrogen-bond acceptors (Lipinski definition) is 12. The van der Waals surface area contributed by atoms with Crippen molar-refractivity contribution >= 4 is 34.0 Å². The summed E-state index contributed by atoms with van der Waals surface area (Å²) in [6.45, 7) is 3.04. The van der Waals surface area contributed by atoms with Crippen LogP contribution in [0.2, 0.25) is 0 Å². The number of fused-ring (bicyclic) bond motifs is 2. The van der Waals surface area contributed by atoms with E-state index in [0.717, 1.165) is 62.9 Å². The Bertz CT molecular complexity index is 2690. The zero-order valence-electron chi connectivity index (χ0n) is 35.7. The Hall–Kier alpha value is -7.05. The number of imidazole rings is 2. The number of hydrogen-bond donors (Lipinski definition) is 3. The van der Waals surface area contributed by atoms with Gasteiger partial charge in [0.1, 0.15) is 24.3 Å². The Labute approximate surface area is 372 Å². The summed E-state index contributed by atoms with van der Waals surface area (Å²) in [4.78, 5) is 27.5. The van der Waals surface area contributed by atoms with Crippen molar-refractivity contribution in [1.29, 1.82) is 5.26 Å². The lowest BCUT2D eigenvalue weighted by atomic mass is 9.91. The highest BCUT2D eigenvalue weighted by molar-refractivity contribution is 5.84. The van der Waals surface area contributed by atoms with E-state index in [2.05, 4.69) is 119 Å². The summed E-state index contributed by atoms with van der Waals surface area (Å²) in [6.07, 6.45) is 9.67. The van der Waals surface area contributed by atoms with Crippen LogP contribution in [0.15, 0.2) is 134 Å². The molecule has 0 amide bonds. The van der Waals surface area contributed by atoms with Crippen molar-refractivity contribution in [3.63, 3.8) is 0 Å². The van der Waals surface area contributed by atoms with Gasteiger partial charge in [-0.25, -0.2) is 19.9 Å². The molecule has 4 aromatic carbocycles. The van der Waals surface area contributed by atoms with Crippen LogP contribution in [-0.4, -0.2) is 65.3 Å². The van der Waals surface area contributed by atoms with Gasteiger partial charge in [0.2, 0.25) is 5.82 Å². The Morgan fingerprint density at radius 3 is 1.39 bits per heavy atom. The molecule has 2 unspecified atom stereocenters. The van der Waals surface area contributed by atoms with Gasteiger partial charge >= 0.3 is 0 Å². The molecule has 14 nitrogen and oxygen atoms in total. The van der Waals surface area contributed by atoms with Crippen LogP contribution in [-0.2, 0) is 16.0 Å². The minimum atomic E-state index is -0.107. The normalized spacial score (nSPS) is 16.3. The quantitative estimate of drug-likeness (QED) is 0.100. The van der Waals surface area contributed by atoms with Crippen LogP contribution < -0.4 is 16.4 Å². The molecule has 2 fully saturated rings. The predicted octanol–water partition coefficient (Wildman–Crippen LogP) is 8.87. The number of nitrogens with one attached hydrogen (secondary N) is 2. The van der Waals surface area contributed by atoms with Gasteiger partial charge in [0, 0.05) is 38.1 Å². The molecule has 2 aliphatic rings.